The lowest BCUT2D eigenvalue weighted by atomic mass is 10.0. The van der Waals surface area contributed by atoms with Gasteiger partial charge in [-0.05, 0) is 59.1 Å². The van der Waals surface area contributed by atoms with E-state index < -0.39 is 0 Å². The first-order chi connectivity index (χ1) is 9.20. The second-order valence-corrected chi connectivity index (χ2v) is 6.12. The molecule has 2 rings (SSSR count). The van der Waals surface area contributed by atoms with E-state index in [1.807, 2.05) is 6.07 Å². The number of hydrogen-bond donors (Lipinski definition) is 1. The predicted octanol–water partition coefficient (Wildman–Crippen LogP) is 5.09. The van der Waals surface area contributed by atoms with Crippen molar-refractivity contribution in [2.45, 2.75) is 25.8 Å². The van der Waals surface area contributed by atoms with E-state index in [9.17, 15) is 0 Å². The summed E-state index contributed by atoms with van der Waals surface area (Å²) in [4.78, 5) is 0. The highest BCUT2D eigenvalue weighted by Gasteiger charge is 2.16. The zero-order valence-electron chi connectivity index (χ0n) is 10.8. The van der Waals surface area contributed by atoms with Crippen LogP contribution in [-0.2, 0) is 6.42 Å². The van der Waals surface area contributed by atoms with Gasteiger partial charge in [0.2, 0.25) is 0 Å². The number of benzene rings is 1. The Hall–Kier alpha value is -0.580. The third kappa shape index (κ3) is 4.20. The molecule has 0 aliphatic heterocycles. The van der Waals surface area contributed by atoms with Gasteiger partial charge in [0.1, 0.15) is 0 Å². The minimum atomic E-state index is 0.272. The minimum Gasteiger partial charge on any atom is -0.457 e. The van der Waals surface area contributed by atoms with Crippen molar-refractivity contribution in [1.29, 1.82) is 0 Å². The first-order valence-electron chi connectivity index (χ1n) is 6.41. The average molecular weight is 387 g/mol. The van der Waals surface area contributed by atoms with Crippen molar-refractivity contribution >= 4 is 31.9 Å². The van der Waals surface area contributed by atoms with Gasteiger partial charge in [-0.1, -0.05) is 35.0 Å². The first-order valence-corrected chi connectivity index (χ1v) is 8.00. The number of furan rings is 1. The van der Waals surface area contributed by atoms with Crippen LogP contribution in [0.3, 0.4) is 0 Å². The lowest BCUT2D eigenvalue weighted by Gasteiger charge is -2.18. The highest BCUT2D eigenvalue weighted by Crippen LogP contribution is 2.27. The fourth-order valence-electron chi connectivity index (χ4n) is 2.02. The molecule has 1 N–H and O–H groups in total. The molecule has 4 heteroatoms. The van der Waals surface area contributed by atoms with E-state index in [0.717, 1.165) is 28.5 Å². The molecule has 1 aromatic heterocycles. The van der Waals surface area contributed by atoms with E-state index in [1.165, 1.54) is 11.1 Å². The van der Waals surface area contributed by atoms with Crippen LogP contribution in [0, 0.1) is 0 Å². The summed E-state index contributed by atoms with van der Waals surface area (Å²) in [5, 5.41) is 3.57. The topological polar surface area (TPSA) is 25.2 Å². The zero-order valence-corrected chi connectivity index (χ0v) is 14.0. The van der Waals surface area contributed by atoms with E-state index in [4.69, 9.17) is 4.42 Å². The van der Waals surface area contributed by atoms with Crippen molar-refractivity contribution in [3.63, 3.8) is 0 Å². The number of hydrogen-bond acceptors (Lipinski definition) is 2. The first kappa shape index (κ1) is 14.8. The third-order valence-corrected chi connectivity index (χ3v) is 4.19. The van der Waals surface area contributed by atoms with Crippen molar-refractivity contribution in [3.05, 3.63) is 56.9 Å². The minimum absolute atomic E-state index is 0.272. The van der Waals surface area contributed by atoms with Gasteiger partial charge in [0.15, 0.2) is 4.67 Å². The molecule has 0 amide bonds. The number of nitrogens with one attached hydrogen (secondary N) is 1. The molecule has 0 radical (unpaired) electrons. The quantitative estimate of drug-likeness (QED) is 0.747. The summed E-state index contributed by atoms with van der Waals surface area (Å²) < 4.78 is 7.28. The number of rotatable bonds is 6. The summed E-state index contributed by atoms with van der Waals surface area (Å²) in [6.45, 7) is 3.17. The lowest BCUT2D eigenvalue weighted by Crippen LogP contribution is -2.24. The standard InChI is InChI=1S/C15H17Br2NO/c1-2-8-18-14(13-7-9-19-15(13)17)10-11-3-5-12(16)6-4-11/h3-7,9,14,18H,2,8,10H2,1H3. The largest absolute Gasteiger partial charge is 0.457 e. The van der Waals surface area contributed by atoms with Crippen molar-refractivity contribution < 1.29 is 4.42 Å². The van der Waals surface area contributed by atoms with Gasteiger partial charge in [-0.2, -0.15) is 0 Å². The molecule has 0 fully saturated rings. The Morgan fingerprint density at radius 2 is 1.89 bits per heavy atom. The average Bonchev–Trinajstić information content (AvgIpc) is 2.83. The molecule has 0 saturated carbocycles. The van der Waals surface area contributed by atoms with Gasteiger partial charge in [0, 0.05) is 16.1 Å². The summed E-state index contributed by atoms with van der Waals surface area (Å²) >= 11 is 6.94. The van der Waals surface area contributed by atoms with Crippen molar-refractivity contribution in [2.75, 3.05) is 6.54 Å². The van der Waals surface area contributed by atoms with Crippen LogP contribution in [0.25, 0.3) is 0 Å². The Morgan fingerprint density at radius 1 is 1.16 bits per heavy atom. The van der Waals surface area contributed by atoms with Gasteiger partial charge in [-0.25, -0.2) is 0 Å². The fourth-order valence-corrected chi connectivity index (χ4v) is 2.80. The van der Waals surface area contributed by atoms with Gasteiger partial charge in [0.25, 0.3) is 0 Å². The predicted molar refractivity (Wildman–Crippen MR) is 85.3 cm³/mol. The number of halogens is 2. The Balaban J connectivity index is 2.14. The van der Waals surface area contributed by atoms with E-state index in [2.05, 4.69) is 68.4 Å². The highest BCUT2D eigenvalue weighted by molar-refractivity contribution is 9.10. The van der Waals surface area contributed by atoms with Gasteiger partial charge >= 0.3 is 0 Å². The van der Waals surface area contributed by atoms with Crippen LogP contribution >= 0.6 is 31.9 Å². The lowest BCUT2D eigenvalue weighted by molar-refractivity contribution is 0.498. The smallest absolute Gasteiger partial charge is 0.173 e. The van der Waals surface area contributed by atoms with Crippen molar-refractivity contribution in [1.82, 2.24) is 5.32 Å². The maximum atomic E-state index is 5.35. The van der Waals surface area contributed by atoms with Crippen LogP contribution in [0.15, 0.2) is 50.2 Å². The molecule has 102 valence electrons. The molecule has 1 unspecified atom stereocenters. The van der Waals surface area contributed by atoms with E-state index in [-0.39, 0.29) is 6.04 Å². The molecule has 1 aromatic carbocycles. The molecule has 2 nitrogen and oxygen atoms in total. The Morgan fingerprint density at radius 3 is 2.47 bits per heavy atom. The van der Waals surface area contributed by atoms with Gasteiger partial charge in [0.05, 0.1) is 6.26 Å². The second kappa shape index (κ2) is 7.27. The van der Waals surface area contributed by atoms with Crippen LogP contribution in [-0.4, -0.2) is 6.54 Å². The molecule has 0 aliphatic rings. The molecule has 0 bridgehead atoms. The van der Waals surface area contributed by atoms with E-state index >= 15 is 0 Å². The molecule has 0 saturated heterocycles. The fraction of sp³-hybridized carbons (Fsp3) is 0.333. The Kier molecular flexibility index (Phi) is 5.67. The Labute approximate surface area is 130 Å². The maximum Gasteiger partial charge on any atom is 0.173 e. The SMILES string of the molecule is CCCNC(Cc1ccc(Br)cc1)c1ccoc1Br. The molecule has 1 heterocycles. The van der Waals surface area contributed by atoms with Crippen LogP contribution in [0.4, 0.5) is 0 Å². The molecular formula is C15H17Br2NO. The van der Waals surface area contributed by atoms with E-state index in [0.29, 0.717) is 0 Å². The van der Waals surface area contributed by atoms with Gasteiger partial charge in [-0.15, -0.1) is 0 Å². The van der Waals surface area contributed by atoms with Gasteiger partial charge in [-0.3, -0.25) is 0 Å². The van der Waals surface area contributed by atoms with Crippen molar-refractivity contribution in [2.24, 2.45) is 0 Å². The summed E-state index contributed by atoms with van der Waals surface area (Å²) in [6.07, 6.45) is 3.79. The van der Waals surface area contributed by atoms with Crippen LogP contribution in [0.5, 0.6) is 0 Å². The molecule has 19 heavy (non-hydrogen) atoms. The van der Waals surface area contributed by atoms with Crippen LogP contribution < -0.4 is 5.32 Å². The molecule has 2 aromatic rings. The third-order valence-electron chi connectivity index (χ3n) is 3.02. The van der Waals surface area contributed by atoms with Crippen LogP contribution in [0.2, 0.25) is 0 Å². The summed E-state index contributed by atoms with van der Waals surface area (Å²) in [5.74, 6) is 0. The Bertz CT molecular complexity index is 507. The second-order valence-electron chi connectivity index (χ2n) is 4.49. The van der Waals surface area contributed by atoms with E-state index in [1.54, 1.807) is 6.26 Å². The summed E-state index contributed by atoms with van der Waals surface area (Å²) in [5.41, 5.74) is 2.49. The van der Waals surface area contributed by atoms with Gasteiger partial charge < -0.3 is 9.73 Å². The molecular weight excluding hydrogens is 370 g/mol. The highest BCUT2D eigenvalue weighted by atomic mass is 79.9. The summed E-state index contributed by atoms with van der Waals surface area (Å²) in [7, 11) is 0. The zero-order chi connectivity index (χ0) is 13.7. The molecule has 0 aliphatic carbocycles. The molecule has 0 spiro atoms. The summed E-state index contributed by atoms with van der Waals surface area (Å²) in [6, 6.07) is 10.8. The monoisotopic (exact) mass is 385 g/mol. The maximum absolute atomic E-state index is 5.35. The normalized spacial score (nSPS) is 12.6. The molecule has 1 atom stereocenters. The van der Waals surface area contributed by atoms with Crippen LogP contribution in [0.1, 0.15) is 30.5 Å². The van der Waals surface area contributed by atoms with Crippen molar-refractivity contribution in [3.8, 4) is 0 Å².